The van der Waals surface area contributed by atoms with Gasteiger partial charge in [0.05, 0.1) is 12.3 Å². The number of anilines is 1. The zero-order valence-electron chi connectivity index (χ0n) is 17.5. The summed E-state index contributed by atoms with van der Waals surface area (Å²) in [6, 6.07) is 2.06. The SMILES string of the molecule is COCCN1C(=O)COc2c1cc1c(c2CI)CCN(C(=O)OC(C)(C)C)CC1. The van der Waals surface area contributed by atoms with E-state index >= 15 is 0 Å². The first-order valence-electron chi connectivity index (χ1n) is 9.88. The lowest BCUT2D eigenvalue weighted by atomic mass is 9.95. The lowest BCUT2D eigenvalue weighted by molar-refractivity contribution is -0.121. The van der Waals surface area contributed by atoms with E-state index in [9.17, 15) is 9.59 Å². The van der Waals surface area contributed by atoms with E-state index in [1.54, 1.807) is 16.9 Å². The first-order chi connectivity index (χ1) is 13.7. The Morgan fingerprint density at radius 3 is 2.66 bits per heavy atom. The van der Waals surface area contributed by atoms with Crippen molar-refractivity contribution in [3.05, 3.63) is 22.8 Å². The Kier molecular flexibility index (Phi) is 6.93. The van der Waals surface area contributed by atoms with Gasteiger partial charge in [-0.15, -0.1) is 0 Å². The monoisotopic (exact) mass is 516 g/mol. The van der Waals surface area contributed by atoms with Crippen LogP contribution in [-0.4, -0.2) is 62.5 Å². The molecule has 8 heteroatoms. The van der Waals surface area contributed by atoms with Crippen LogP contribution in [0.5, 0.6) is 5.75 Å². The molecule has 0 aromatic heterocycles. The number of hydrogen-bond donors (Lipinski definition) is 0. The van der Waals surface area contributed by atoms with E-state index in [1.165, 1.54) is 11.1 Å². The van der Waals surface area contributed by atoms with Crippen LogP contribution in [0.2, 0.25) is 0 Å². The lowest BCUT2D eigenvalue weighted by Gasteiger charge is -2.32. The van der Waals surface area contributed by atoms with Crippen molar-refractivity contribution >= 4 is 40.3 Å². The van der Waals surface area contributed by atoms with Crippen molar-refractivity contribution in [2.24, 2.45) is 0 Å². The maximum atomic E-state index is 12.6. The maximum Gasteiger partial charge on any atom is 0.410 e. The van der Waals surface area contributed by atoms with Crippen LogP contribution in [0.4, 0.5) is 10.5 Å². The van der Waals surface area contributed by atoms with Crippen LogP contribution in [0.15, 0.2) is 6.07 Å². The molecule has 3 rings (SSSR count). The fraction of sp³-hybridized carbons (Fsp3) is 0.619. The van der Waals surface area contributed by atoms with Crippen molar-refractivity contribution in [3.63, 3.8) is 0 Å². The number of ether oxygens (including phenoxy) is 3. The quantitative estimate of drug-likeness (QED) is 0.454. The third-order valence-electron chi connectivity index (χ3n) is 5.09. The molecule has 0 N–H and O–H groups in total. The van der Waals surface area contributed by atoms with Gasteiger partial charge in [-0.2, -0.15) is 0 Å². The number of nitrogens with zero attached hydrogens (tertiary/aromatic N) is 2. The third-order valence-corrected chi connectivity index (χ3v) is 5.85. The van der Waals surface area contributed by atoms with E-state index in [0.29, 0.717) is 26.2 Å². The Labute approximate surface area is 185 Å². The van der Waals surface area contributed by atoms with Gasteiger partial charge in [-0.05, 0) is 50.8 Å². The van der Waals surface area contributed by atoms with Gasteiger partial charge in [-0.1, -0.05) is 22.6 Å². The van der Waals surface area contributed by atoms with Crippen LogP contribution in [0.1, 0.15) is 37.5 Å². The molecule has 0 radical (unpaired) electrons. The first-order valence-corrected chi connectivity index (χ1v) is 11.4. The van der Waals surface area contributed by atoms with Crippen LogP contribution in [-0.2, 0) is 31.5 Å². The minimum atomic E-state index is -0.515. The highest BCUT2D eigenvalue weighted by Crippen LogP contribution is 2.41. The fourth-order valence-electron chi connectivity index (χ4n) is 3.74. The highest BCUT2D eigenvalue weighted by molar-refractivity contribution is 14.1. The largest absolute Gasteiger partial charge is 0.481 e. The number of hydrogen-bond acceptors (Lipinski definition) is 5. The summed E-state index contributed by atoms with van der Waals surface area (Å²) in [4.78, 5) is 28.5. The molecule has 0 fully saturated rings. The Morgan fingerprint density at radius 2 is 2.00 bits per heavy atom. The van der Waals surface area contributed by atoms with Crippen LogP contribution in [0.3, 0.4) is 0 Å². The third kappa shape index (κ3) is 4.96. The van der Waals surface area contributed by atoms with Gasteiger partial charge in [0.25, 0.3) is 5.91 Å². The predicted octanol–water partition coefficient (Wildman–Crippen LogP) is 3.33. The van der Waals surface area contributed by atoms with Gasteiger partial charge in [0.2, 0.25) is 0 Å². The summed E-state index contributed by atoms with van der Waals surface area (Å²) in [5.74, 6) is 0.734. The number of alkyl halides is 1. The molecule has 29 heavy (non-hydrogen) atoms. The maximum absolute atomic E-state index is 12.6. The van der Waals surface area contributed by atoms with Gasteiger partial charge in [0, 0.05) is 36.7 Å². The van der Waals surface area contributed by atoms with E-state index in [4.69, 9.17) is 14.2 Å². The Bertz CT molecular complexity index is 790. The molecule has 0 aliphatic carbocycles. The summed E-state index contributed by atoms with van der Waals surface area (Å²) in [5, 5.41) is 0. The summed E-state index contributed by atoms with van der Waals surface area (Å²) in [7, 11) is 1.63. The van der Waals surface area contributed by atoms with Gasteiger partial charge < -0.3 is 24.0 Å². The Morgan fingerprint density at radius 1 is 1.28 bits per heavy atom. The molecule has 1 aromatic carbocycles. The summed E-state index contributed by atoms with van der Waals surface area (Å²) in [5.41, 5.74) is 3.82. The molecular formula is C21H29IN2O5. The summed E-state index contributed by atoms with van der Waals surface area (Å²) >= 11 is 2.34. The van der Waals surface area contributed by atoms with Gasteiger partial charge >= 0.3 is 6.09 Å². The number of carbonyl (C=O) groups is 2. The van der Waals surface area contributed by atoms with Gasteiger partial charge in [0.15, 0.2) is 6.61 Å². The van der Waals surface area contributed by atoms with Gasteiger partial charge in [-0.25, -0.2) is 4.79 Å². The number of benzene rings is 1. The predicted molar refractivity (Wildman–Crippen MR) is 119 cm³/mol. The molecule has 0 spiro atoms. The molecule has 2 aliphatic heterocycles. The fourth-order valence-corrected chi connectivity index (χ4v) is 4.54. The molecule has 0 bridgehead atoms. The van der Waals surface area contributed by atoms with E-state index in [0.717, 1.165) is 34.3 Å². The molecule has 2 heterocycles. The second-order valence-corrected chi connectivity index (χ2v) is 9.03. The van der Waals surface area contributed by atoms with Gasteiger partial charge in [0.1, 0.15) is 11.4 Å². The standard InChI is InChI=1S/C21H29IN2O5/c1-21(2,3)29-20(26)23-7-5-14-11-17-19(16(12-22)15(14)6-8-23)28-13-18(25)24(17)9-10-27-4/h11H,5-10,12-13H2,1-4H3. The minimum Gasteiger partial charge on any atom is -0.481 e. The molecule has 2 aliphatic rings. The summed E-state index contributed by atoms with van der Waals surface area (Å²) in [6.45, 7) is 7.84. The second kappa shape index (κ2) is 9.07. The molecular weight excluding hydrogens is 487 g/mol. The normalized spacial score (nSPS) is 16.7. The molecule has 7 nitrogen and oxygen atoms in total. The smallest absolute Gasteiger partial charge is 0.410 e. The van der Waals surface area contributed by atoms with Gasteiger partial charge in [-0.3, -0.25) is 4.79 Å². The van der Waals surface area contributed by atoms with E-state index < -0.39 is 5.60 Å². The van der Waals surface area contributed by atoms with E-state index in [-0.39, 0.29) is 18.6 Å². The molecule has 0 saturated heterocycles. The van der Waals surface area contributed by atoms with Crippen molar-refractivity contribution in [1.82, 2.24) is 4.90 Å². The Hall–Kier alpha value is -1.55. The highest BCUT2D eigenvalue weighted by atomic mass is 127. The number of rotatable bonds is 4. The topological polar surface area (TPSA) is 68.3 Å². The lowest BCUT2D eigenvalue weighted by Crippen LogP contribution is -2.41. The van der Waals surface area contributed by atoms with Crippen molar-refractivity contribution in [2.75, 3.05) is 44.9 Å². The van der Waals surface area contributed by atoms with Crippen LogP contribution in [0.25, 0.3) is 0 Å². The highest BCUT2D eigenvalue weighted by Gasteiger charge is 2.32. The number of methoxy groups -OCH3 is 1. The van der Waals surface area contributed by atoms with Crippen LogP contribution < -0.4 is 9.64 Å². The number of carbonyl (C=O) groups excluding carboxylic acids is 2. The minimum absolute atomic E-state index is 0.0448. The van der Waals surface area contributed by atoms with Crippen molar-refractivity contribution in [3.8, 4) is 5.75 Å². The van der Waals surface area contributed by atoms with E-state index in [1.807, 2.05) is 20.8 Å². The Balaban J connectivity index is 1.91. The van der Waals surface area contributed by atoms with Crippen LogP contribution in [0, 0.1) is 0 Å². The molecule has 0 saturated carbocycles. The second-order valence-electron chi connectivity index (χ2n) is 8.27. The average molecular weight is 516 g/mol. The van der Waals surface area contributed by atoms with E-state index in [2.05, 4.69) is 28.7 Å². The molecule has 0 unspecified atom stereocenters. The zero-order valence-corrected chi connectivity index (χ0v) is 19.7. The number of amides is 2. The summed E-state index contributed by atoms with van der Waals surface area (Å²) < 4.78 is 17.4. The molecule has 160 valence electrons. The van der Waals surface area contributed by atoms with Crippen molar-refractivity contribution < 1.29 is 23.8 Å². The van der Waals surface area contributed by atoms with Crippen molar-refractivity contribution in [1.29, 1.82) is 0 Å². The molecule has 2 amide bonds. The number of fused-ring (bicyclic) bond motifs is 2. The first kappa shape index (κ1) is 22.1. The zero-order chi connectivity index (χ0) is 21.2. The molecule has 1 aromatic rings. The number of halogens is 1. The van der Waals surface area contributed by atoms with Crippen molar-refractivity contribution in [2.45, 2.75) is 43.6 Å². The summed E-state index contributed by atoms with van der Waals surface area (Å²) in [6.07, 6.45) is 1.19. The average Bonchev–Trinajstić information content (AvgIpc) is 2.87. The van der Waals surface area contributed by atoms with Crippen LogP contribution >= 0.6 is 22.6 Å². The molecule has 0 atom stereocenters.